The van der Waals surface area contributed by atoms with Gasteiger partial charge in [-0.3, -0.25) is 0 Å². The molecular weight excluding hydrogens is 254 g/mol. The number of carbonyl (C=O) groups is 1. The summed E-state index contributed by atoms with van der Waals surface area (Å²) in [5.74, 6) is -2.40. The van der Waals surface area contributed by atoms with Gasteiger partial charge in [-0.15, -0.1) is 0 Å². The molecule has 0 bridgehead atoms. The Kier molecular flexibility index (Phi) is 3.75. The van der Waals surface area contributed by atoms with E-state index < -0.39 is 17.6 Å². The van der Waals surface area contributed by atoms with Crippen molar-refractivity contribution < 1.29 is 23.4 Å². The van der Waals surface area contributed by atoms with Gasteiger partial charge in [0, 0.05) is 0 Å². The molecule has 0 aliphatic heterocycles. The minimum atomic E-state index is -1.02. The third-order valence-corrected chi connectivity index (χ3v) is 2.49. The minimum absolute atomic E-state index is 0.0730. The number of hydrogen-bond donors (Lipinski definition) is 1. The van der Waals surface area contributed by atoms with Crippen LogP contribution in [0.5, 0.6) is 5.75 Å². The van der Waals surface area contributed by atoms with E-state index in [2.05, 4.69) is 0 Å². The molecule has 0 heterocycles. The van der Waals surface area contributed by atoms with Crippen molar-refractivity contribution in [3.05, 3.63) is 65.2 Å². The number of aromatic carboxylic acids is 1. The largest absolute Gasteiger partial charge is 0.489 e. The maximum Gasteiger partial charge on any atom is 0.335 e. The van der Waals surface area contributed by atoms with Crippen molar-refractivity contribution in [1.29, 1.82) is 0 Å². The molecule has 2 aromatic carbocycles. The fourth-order valence-corrected chi connectivity index (χ4v) is 1.49. The molecule has 0 saturated heterocycles. The highest BCUT2D eigenvalue weighted by molar-refractivity contribution is 5.87. The summed E-state index contributed by atoms with van der Waals surface area (Å²) in [6, 6.07) is 9.32. The maximum atomic E-state index is 13.0. The van der Waals surface area contributed by atoms with Crippen molar-refractivity contribution in [3.63, 3.8) is 0 Å². The molecule has 0 saturated carbocycles. The van der Waals surface area contributed by atoms with Crippen LogP contribution in [-0.2, 0) is 6.61 Å². The van der Waals surface area contributed by atoms with E-state index >= 15 is 0 Å². The predicted molar refractivity (Wildman–Crippen MR) is 64.1 cm³/mol. The fraction of sp³-hybridized carbons (Fsp3) is 0.0714. The van der Waals surface area contributed by atoms with Gasteiger partial charge in [-0.05, 0) is 42.0 Å². The molecule has 0 amide bonds. The van der Waals surface area contributed by atoms with Gasteiger partial charge in [0.25, 0.3) is 0 Å². The van der Waals surface area contributed by atoms with E-state index in [4.69, 9.17) is 9.84 Å². The molecule has 0 aliphatic carbocycles. The second-order valence-corrected chi connectivity index (χ2v) is 3.87. The molecule has 1 N–H and O–H groups in total. The highest BCUT2D eigenvalue weighted by atomic mass is 19.2. The zero-order valence-electron chi connectivity index (χ0n) is 9.77. The molecule has 0 spiro atoms. The molecular formula is C14H10F2O3. The van der Waals surface area contributed by atoms with Gasteiger partial charge in [-0.2, -0.15) is 0 Å². The van der Waals surface area contributed by atoms with Gasteiger partial charge in [0.2, 0.25) is 0 Å². The number of ether oxygens (including phenoxy) is 1. The van der Waals surface area contributed by atoms with Crippen LogP contribution in [0.1, 0.15) is 15.9 Å². The highest BCUT2D eigenvalue weighted by Crippen LogP contribution is 2.15. The lowest BCUT2D eigenvalue weighted by Crippen LogP contribution is -1.99. The fourth-order valence-electron chi connectivity index (χ4n) is 1.49. The molecule has 0 atom stereocenters. The number of rotatable bonds is 4. The van der Waals surface area contributed by atoms with Crippen molar-refractivity contribution in [3.8, 4) is 5.75 Å². The summed E-state index contributed by atoms with van der Waals surface area (Å²) in [5.41, 5.74) is 0.640. The quantitative estimate of drug-likeness (QED) is 0.922. The Morgan fingerprint density at radius 2 is 1.74 bits per heavy atom. The van der Waals surface area contributed by atoms with E-state index in [-0.39, 0.29) is 12.2 Å². The van der Waals surface area contributed by atoms with Crippen molar-refractivity contribution in [2.45, 2.75) is 6.61 Å². The van der Waals surface area contributed by atoms with E-state index in [1.54, 1.807) is 0 Å². The number of halogens is 2. The van der Waals surface area contributed by atoms with E-state index in [9.17, 15) is 13.6 Å². The lowest BCUT2D eigenvalue weighted by molar-refractivity contribution is 0.0697. The third-order valence-electron chi connectivity index (χ3n) is 2.49. The molecule has 98 valence electrons. The van der Waals surface area contributed by atoms with Crippen LogP contribution in [0, 0.1) is 11.6 Å². The van der Waals surface area contributed by atoms with Gasteiger partial charge in [-0.25, -0.2) is 13.6 Å². The van der Waals surface area contributed by atoms with E-state index in [0.29, 0.717) is 11.3 Å². The van der Waals surface area contributed by atoms with Gasteiger partial charge in [0.05, 0.1) is 5.56 Å². The summed E-state index contributed by atoms with van der Waals surface area (Å²) < 4.78 is 31.0. The smallest absolute Gasteiger partial charge is 0.335 e. The van der Waals surface area contributed by atoms with Crippen LogP contribution in [0.4, 0.5) is 8.78 Å². The summed E-state index contributed by atoms with van der Waals surface area (Å²) in [7, 11) is 0. The van der Waals surface area contributed by atoms with Crippen LogP contribution in [0.15, 0.2) is 42.5 Å². The van der Waals surface area contributed by atoms with Gasteiger partial charge in [0.1, 0.15) is 12.4 Å². The average molecular weight is 264 g/mol. The molecule has 2 rings (SSSR count). The molecule has 3 nitrogen and oxygen atoms in total. The minimum Gasteiger partial charge on any atom is -0.489 e. The molecule has 0 unspecified atom stereocenters. The Morgan fingerprint density at radius 3 is 2.32 bits per heavy atom. The Hall–Kier alpha value is -2.43. The summed E-state index contributed by atoms with van der Waals surface area (Å²) in [6.07, 6.45) is 0. The first kappa shape index (κ1) is 13.0. The Morgan fingerprint density at radius 1 is 1.05 bits per heavy atom. The molecule has 0 aromatic heterocycles. The number of benzene rings is 2. The van der Waals surface area contributed by atoms with Crippen LogP contribution in [0.3, 0.4) is 0 Å². The van der Waals surface area contributed by atoms with Crippen LogP contribution < -0.4 is 4.74 Å². The molecule has 2 aromatic rings. The standard InChI is InChI=1S/C14H10F2O3/c15-12-6-1-9(7-13(12)16)8-19-11-4-2-10(3-5-11)14(17)18/h1-7H,8H2,(H,17,18). The van der Waals surface area contributed by atoms with Crippen molar-refractivity contribution in [2.75, 3.05) is 0 Å². The van der Waals surface area contributed by atoms with Crippen molar-refractivity contribution >= 4 is 5.97 Å². The predicted octanol–water partition coefficient (Wildman–Crippen LogP) is 3.24. The van der Waals surface area contributed by atoms with E-state index in [1.807, 2.05) is 0 Å². The van der Waals surface area contributed by atoms with Crippen molar-refractivity contribution in [2.24, 2.45) is 0 Å². The number of carboxylic acids is 1. The number of carboxylic acid groups (broad SMARTS) is 1. The summed E-state index contributed by atoms with van der Waals surface area (Å²) >= 11 is 0. The van der Waals surface area contributed by atoms with Crippen LogP contribution in [-0.4, -0.2) is 11.1 Å². The second-order valence-electron chi connectivity index (χ2n) is 3.87. The molecule has 0 aliphatic rings. The lowest BCUT2D eigenvalue weighted by atomic mass is 10.2. The SMILES string of the molecule is O=C(O)c1ccc(OCc2ccc(F)c(F)c2)cc1. The van der Waals surface area contributed by atoms with Gasteiger partial charge >= 0.3 is 5.97 Å². The lowest BCUT2D eigenvalue weighted by Gasteiger charge is -2.06. The zero-order chi connectivity index (χ0) is 13.8. The first-order valence-electron chi connectivity index (χ1n) is 5.46. The zero-order valence-corrected chi connectivity index (χ0v) is 9.77. The second kappa shape index (κ2) is 5.48. The molecule has 0 fully saturated rings. The summed E-state index contributed by atoms with van der Waals surface area (Å²) in [4.78, 5) is 10.6. The van der Waals surface area contributed by atoms with Crippen molar-refractivity contribution in [1.82, 2.24) is 0 Å². The Bertz CT molecular complexity index is 594. The Labute approximate surface area is 108 Å². The monoisotopic (exact) mass is 264 g/mol. The van der Waals surface area contributed by atoms with Crippen LogP contribution >= 0.6 is 0 Å². The van der Waals surface area contributed by atoms with Crippen LogP contribution in [0.25, 0.3) is 0 Å². The summed E-state index contributed by atoms with van der Waals surface area (Å²) in [6.45, 7) is 0.0730. The van der Waals surface area contributed by atoms with E-state index in [0.717, 1.165) is 12.1 Å². The first-order valence-corrected chi connectivity index (χ1v) is 5.46. The molecule has 19 heavy (non-hydrogen) atoms. The molecule has 5 heteroatoms. The first-order chi connectivity index (χ1) is 9.06. The summed E-state index contributed by atoms with van der Waals surface area (Å²) in [5, 5.41) is 8.72. The maximum absolute atomic E-state index is 13.0. The normalized spacial score (nSPS) is 10.2. The topological polar surface area (TPSA) is 46.5 Å². The van der Waals surface area contributed by atoms with Crippen LogP contribution in [0.2, 0.25) is 0 Å². The van der Waals surface area contributed by atoms with E-state index in [1.165, 1.54) is 30.3 Å². The van der Waals surface area contributed by atoms with Gasteiger partial charge in [-0.1, -0.05) is 6.07 Å². The van der Waals surface area contributed by atoms with Gasteiger partial charge < -0.3 is 9.84 Å². The van der Waals surface area contributed by atoms with Gasteiger partial charge in [0.15, 0.2) is 11.6 Å². The number of hydrogen-bond acceptors (Lipinski definition) is 2. The third kappa shape index (κ3) is 3.28. The average Bonchev–Trinajstić information content (AvgIpc) is 2.40. The highest BCUT2D eigenvalue weighted by Gasteiger charge is 2.04. The molecule has 0 radical (unpaired) electrons. The Balaban J connectivity index is 2.01.